The maximum Gasteiger partial charge on any atom is 0.256 e. The fraction of sp³-hybridized carbons (Fsp3) is 0.174. The summed E-state index contributed by atoms with van der Waals surface area (Å²) in [5, 5.41) is 4.90. The average molecular weight is 409 g/mol. The molecule has 2 aliphatic rings. The van der Waals surface area contributed by atoms with E-state index >= 15 is 0 Å². The van der Waals surface area contributed by atoms with E-state index in [2.05, 4.69) is 11.4 Å². The number of halogens is 2. The summed E-state index contributed by atoms with van der Waals surface area (Å²) in [4.78, 5) is 15.6. The number of amides is 1. The van der Waals surface area contributed by atoms with Gasteiger partial charge in [-0.05, 0) is 53.4 Å². The standard InChI is InChI=1S/C23H18Cl2N2O/c24-17-9-5-15(6-10-17)21-26-14-13-23(16-7-11-18(25)12-8-16)20-4-2-1-3-19(20)22(28)27(21)23/h1-12,21,26H,13-14H2/t21-,23-/m1/s1. The second-order valence-electron chi connectivity index (χ2n) is 7.25. The van der Waals surface area contributed by atoms with E-state index in [1.165, 1.54) is 0 Å². The quantitative estimate of drug-likeness (QED) is 0.616. The number of rotatable bonds is 2. The Kier molecular flexibility index (Phi) is 4.20. The van der Waals surface area contributed by atoms with Crippen molar-refractivity contribution >= 4 is 29.1 Å². The van der Waals surface area contributed by atoms with E-state index in [0.717, 1.165) is 35.2 Å². The normalized spacial score (nSPS) is 23.4. The minimum absolute atomic E-state index is 0.0395. The van der Waals surface area contributed by atoms with Crippen molar-refractivity contribution in [2.45, 2.75) is 18.1 Å². The second kappa shape index (κ2) is 6.63. The molecule has 2 atom stereocenters. The summed E-state index contributed by atoms with van der Waals surface area (Å²) < 4.78 is 0. The zero-order chi connectivity index (χ0) is 19.3. The molecule has 0 bridgehead atoms. The lowest BCUT2D eigenvalue weighted by atomic mass is 9.78. The SMILES string of the molecule is O=C1c2ccccc2[C@]2(c3ccc(Cl)cc3)CCN[C@@H](c3ccc(Cl)cc3)N12. The Bertz CT molecular complexity index is 1050. The number of hydrogen-bond acceptors (Lipinski definition) is 2. The van der Waals surface area contributed by atoms with Crippen molar-refractivity contribution in [1.82, 2.24) is 10.2 Å². The van der Waals surface area contributed by atoms with Crippen molar-refractivity contribution in [3.63, 3.8) is 0 Å². The Morgan fingerprint density at radius 2 is 1.54 bits per heavy atom. The Labute approximate surface area is 173 Å². The Morgan fingerprint density at radius 3 is 2.25 bits per heavy atom. The van der Waals surface area contributed by atoms with Gasteiger partial charge in [-0.3, -0.25) is 10.1 Å². The van der Waals surface area contributed by atoms with E-state index in [1.807, 2.05) is 71.6 Å². The van der Waals surface area contributed by atoms with E-state index < -0.39 is 5.54 Å². The summed E-state index contributed by atoms with van der Waals surface area (Å²) in [6, 6.07) is 23.5. The Hall–Kier alpha value is -2.33. The van der Waals surface area contributed by atoms with Crippen LogP contribution in [-0.4, -0.2) is 17.4 Å². The van der Waals surface area contributed by atoms with Crippen LogP contribution in [0.3, 0.4) is 0 Å². The third kappa shape index (κ3) is 2.51. The molecule has 3 aromatic rings. The summed E-state index contributed by atoms with van der Waals surface area (Å²) in [6.07, 6.45) is 0.558. The van der Waals surface area contributed by atoms with Crippen LogP contribution < -0.4 is 5.32 Å². The molecular formula is C23H18Cl2N2O. The highest BCUT2D eigenvalue weighted by Gasteiger charge is 2.55. The second-order valence-corrected chi connectivity index (χ2v) is 8.12. The molecule has 0 aromatic heterocycles. The summed E-state index contributed by atoms with van der Waals surface area (Å²) in [6.45, 7) is 0.786. The van der Waals surface area contributed by atoms with Crippen molar-refractivity contribution in [1.29, 1.82) is 0 Å². The molecule has 28 heavy (non-hydrogen) atoms. The van der Waals surface area contributed by atoms with Crippen LogP contribution in [-0.2, 0) is 5.54 Å². The highest BCUT2D eigenvalue weighted by atomic mass is 35.5. The van der Waals surface area contributed by atoms with Crippen LogP contribution in [0.25, 0.3) is 0 Å². The molecule has 0 radical (unpaired) electrons. The zero-order valence-corrected chi connectivity index (χ0v) is 16.5. The lowest BCUT2D eigenvalue weighted by Gasteiger charge is -2.48. The van der Waals surface area contributed by atoms with Crippen LogP contribution in [0.2, 0.25) is 10.0 Å². The van der Waals surface area contributed by atoms with E-state index in [4.69, 9.17) is 23.2 Å². The maximum atomic E-state index is 13.6. The molecule has 3 nitrogen and oxygen atoms in total. The van der Waals surface area contributed by atoms with Crippen LogP contribution in [0.5, 0.6) is 0 Å². The first-order chi connectivity index (χ1) is 13.6. The molecule has 0 saturated carbocycles. The van der Waals surface area contributed by atoms with Gasteiger partial charge in [0.1, 0.15) is 6.17 Å². The van der Waals surface area contributed by atoms with Gasteiger partial charge in [0.2, 0.25) is 0 Å². The van der Waals surface area contributed by atoms with Gasteiger partial charge in [-0.15, -0.1) is 0 Å². The van der Waals surface area contributed by atoms with Crippen molar-refractivity contribution in [3.05, 3.63) is 105 Å². The first-order valence-electron chi connectivity index (χ1n) is 9.29. The number of nitrogens with zero attached hydrogens (tertiary/aromatic N) is 1. The predicted molar refractivity (Wildman–Crippen MR) is 112 cm³/mol. The Balaban J connectivity index is 1.73. The summed E-state index contributed by atoms with van der Waals surface area (Å²) >= 11 is 12.2. The van der Waals surface area contributed by atoms with Gasteiger partial charge in [-0.1, -0.05) is 65.7 Å². The molecule has 2 aliphatic heterocycles. The van der Waals surface area contributed by atoms with Crippen molar-refractivity contribution in [2.75, 3.05) is 6.54 Å². The van der Waals surface area contributed by atoms with E-state index in [0.29, 0.717) is 10.0 Å². The number of carbonyl (C=O) groups excluding carboxylic acids is 1. The van der Waals surface area contributed by atoms with E-state index in [9.17, 15) is 4.79 Å². The van der Waals surface area contributed by atoms with Crippen LogP contribution in [0.15, 0.2) is 72.8 Å². The topological polar surface area (TPSA) is 32.3 Å². The van der Waals surface area contributed by atoms with Crippen LogP contribution >= 0.6 is 23.2 Å². The van der Waals surface area contributed by atoms with Crippen molar-refractivity contribution in [2.24, 2.45) is 0 Å². The molecule has 1 amide bonds. The zero-order valence-electron chi connectivity index (χ0n) is 15.0. The molecule has 1 saturated heterocycles. The number of benzene rings is 3. The smallest absolute Gasteiger partial charge is 0.256 e. The van der Waals surface area contributed by atoms with Gasteiger partial charge in [0.25, 0.3) is 5.91 Å². The van der Waals surface area contributed by atoms with Crippen molar-refractivity contribution in [3.8, 4) is 0 Å². The molecule has 3 aromatic carbocycles. The largest absolute Gasteiger partial charge is 0.305 e. The fourth-order valence-electron chi connectivity index (χ4n) is 4.61. The third-order valence-electron chi connectivity index (χ3n) is 5.82. The molecule has 0 unspecified atom stereocenters. The minimum Gasteiger partial charge on any atom is -0.305 e. The molecule has 5 heteroatoms. The van der Waals surface area contributed by atoms with Gasteiger partial charge in [-0.25, -0.2) is 0 Å². The van der Waals surface area contributed by atoms with Gasteiger partial charge in [-0.2, -0.15) is 0 Å². The average Bonchev–Trinajstić information content (AvgIpc) is 2.99. The minimum atomic E-state index is -0.520. The summed E-state index contributed by atoms with van der Waals surface area (Å²) in [5.41, 5.74) is 3.40. The summed E-state index contributed by atoms with van der Waals surface area (Å²) in [7, 11) is 0. The van der Waals surface area contributed by atoms with E-state index in [1.54, 1.807) is 0 Å². The molecule has 1 fully saturated rings. The molecule has 5 rings (SSSR count). The van der Waals surface area contributed by atoms with Gasteiger partial charge in [0, 0.05) is 22.2 Å². The van der Waals surface area contributed by atoms with Crippen LogP contribution in [0.1, 0.15) is 39.6 Å². The number of hydrogen-bond donors (Lipinski definition) is 1. The third-order valence-corrected chi connectivity index (χ3v) is 6.33. The first kappa shape index (κ1) is 17.7. The van der Waals surface area contributed by atoms with Crippen LogP contribution in [0.4, 0.5) is 0 Å². The molecular weight excluding hydrogens is 391 g/mol. The van der Waals surface area contributed by atoms with Crippen LogP contribution in [0, 0.1) is 0 Å². The van der Waals surface area contributed by atoms with Gasteiger partial charge in [0.15, 0.2) is 0 Å². The molecule has 1 N–H and O–H groups in total. The highest BCUT2D eigenvalue weighted by molar-refractivity contribution is 6.30. The number of nitrogens with one attached hydrogen (secondary N) is 1. The van der Waals surface area contributed by atoms with Gasteiger partial charge >= 0.3 is 0 Å². The lowest BCUT2D eigenvalue weighted by Crippen LogP contribution is -2.56. The number of carbonyl (C=O) groups is 1. The predicted octanol–water partition coefficient (Wildman–Crippen LogP) is 5.38. The van der Waals surface area contributed by atoms with Crippen molar-refractivity contribution < 1.29 is 4.79 Å². The molecule has 2 heterocycles. The Morgan fingerprint density at radius 1 is 0.893 bits per heavy atom. The summed E-state index contributed by atoms with van der Waals surface area (Å²) in [5.74, 6) is 0.0395. The van der Waals surface area contributed by atoms with Gasteiger partial charge in [0.05, 0.1) is 5.54 Å². The van der Waals surface area contributed by atoms with Gasteiger partial charge < -0.3 is 4.90 Å². The fourth-order valence-corrected chi connectivity index (χ4v) is 4.87. The maximum absolute atomic E-state index is 13.6. The molecule has 140 valence electrons. The lowest BCUT2D eigenvalue weighted by molar-refractivity contribution is 0.0232. The highest BCUT2D eigenvalue weighted by Crippen LogP contribution is 2.51. The monoisotopic (exact) mass is 408 g/mol. The molecule has 0 aliphatic carbocycles. The van der Waals surface area contributed by atoms with E-state index in [-0.39, 0.29) is 12.1 Å². The first-order valence-corrected chi connectivity index (χ1v) is 10.0. The molecule has 0 spiro atoms. The number of fused-ring (bicyclic) bond motifs is 3.